The fourth-order valence-electron chi connectivity index (χ4n) is 1.65. The van der Waals surface area contributed by atoms with Gasteiger partial charge in [-0.1, -0.05) is 47.0 Å². The van der Waals surface area contributed by atoms with E-state index in [9.17, 15) is 0 Å². The van der Waals surface area contributed by atoms with Gasteiger partial charge in [-0.25, -0.2) is 0 Å². The second kappa shape index (κ2) is 5.61. The van der Waals surface area contributed by atoms with Crippen LogP contribution in [0.25, 0.3) is 0 Å². The second-order valence-electron chi connectivity index (χ2n) is 3.97. The molecule has 0 aromatic heterocycles. The summed E-state index contributed by atoms with van der Waals surface area (Å²) >= 11 is 12.0. The molecule has 0 radical (unpaired) electrons. The van der Waals surface area contributed by atoms with Crippen molar-refractivity contribution in [3.8, 4) is 11.5 Å². The third-order valence-electron chi connectivity index (χ3n) is 2.57. The average Bonchev–Trinajstić information content (AvgIpc) is 2.37. The van der Waals surface area contributed by atoms with Gasteiger partial charge in [-0.3, -0.25) is 0 Å². The molecule has 0 aliphatic carbocycles. The van der Waals surface area contributed by atoms with Crippen LogP contribution in [0.4, 0.5) is 0 Å². The highest BCUT2D eigenvalue weighted by Gasteiger charge is 2.09. The molecule has 0 aliphatic rings. The lowest BCUT2D eigenvalue weighted by molar-refractivity contribution is 0.476. The minimum Gasteiger partial charge on any atom is -0.455 e. The predicted molar refractivity (Wildman–Crippen MR) is 75.6 cm³/mol. The molecule has 0 atom stereocenters. The summed E-state index contributed by atoms with van der Waals surface area (Å²) in [4.78, 5) is 0. The van der Waals surface area contributed by atoms with Crippen LogP contribution in [0.15, 0.2) is 36.4 Å². The molecule has 0 spiro atoms. The molecule has 2 nitrogen and oxygen atoms in total. The molecule has 0 bridgehead atoms. The number of nitrogens with two attached hydrogens (primary N) is 1. The molecule has 2 rings (SSSR count). The fourth-order valence-corrected chi connectivity index (χ4v) is 1.98. The van der Waals surface area contributed by atoms with E-state index < -0.39 is 0 Å². The Morgan fingerprint density at radius 1 is 1.11 bits per heavy atom. The largest absolute Gasteiger partial charge is 0.455 e. The van der Waals surface area contributed by atoms with Crippen molar-refractivity contribution in [2.24, 2.45) is 5.73 Å². The molecule has 2 N–H and O–H groups in total. The van der Waals surface area contributed by atoms with Gasteiger partial charge in [0.05, 0.1) is 5.02 Å². The van der Waals surface area contributed by atoms with E-state index in [0.29, 0.717) is 28.1 Å². The first-order chi connectivity index (χ1) is 8.61. The maximum Gasteiger partial charge on any atom is 0.147 e. The Labute approximate surface area is 116 Å². The minimum atomic E-state index is 0.405. The molecular formula is C14H13Cl2NO. The van der Waals surface area contributed by atoms with Crippen molar-refractivity contribution in [1.82, 2.24) is 0 Å². The highest BCUT2D eigenvalue weighted by molar-refractivity contribution is 6.42. The minimum absolute atomic E-state index is 0.405. The molecular weight excluding hydrogens is 269 g/mol. The van der Waals surface area contributed by atoms with Crippen LogP contribution in [0, 0.1) is 6.92 Å². The molecule has 0 fully saturated rings. The third-order valence-corrected chi connectivity index (χ3v) is 3.37. The van der Waals surface area contributed by atoms with Gasteiger partial charge in [-0.05, 0) is 25.1 Å². The molecule has 0 unspecified atom stereocenters. The van der Waals surface area contributed by atoms with Crippen LogP contribution in [0.2, 0.25) is 10.0 Å². The zero-order valence-corrected chi connectivity index (χ0v) is 11.4. The van der Waals surface area contributed by atoms with Gasteiger partial charge in [0.1, 0.15) is 16.5 Å². The summed E-state index contributed by atoms with van der Waals surface area (Å²) in [5, 5.41) is 0.873. The summed E-state index contributed by atoms with van der Waals surface area (Å²) in [6.45, 7) is 2.42. The molecule has 0 amide bonds. The van der Waals surface area contributed by atoms with Gasteiger partial charge in [-0.15, -0.1) is 0 Å². The number of ether oxygens (including phenoxy) is 1. The highest BCUT2D eigenvalue weighted by atomic mass is 35.5. The van der Waals surface area contributed by atoms with E-state index in [1.807, 2.05) is 25.1 Å². The normalized spacial score (nSPS) is 10.4. The molecule has 0 aliphatic heterocycles. The predicted octanol–water partition coefficient (Wildman–Crippen LogP) is 4.55. The standard InChI is InChI=1S/C14H13Cl2NO/c1-9-5-6-12(10(7-9)8-17)18-13-4-2-3-11(15)14(13)16/h2-7H,8,17H2,1H3. The summed E-state index contributed by atoms with van der Waals surface area (Å²) in [7, 11) is 0. The molecule has 2 aromatic rings. The maximum atomic E-state index is 6.08. The quantitative estimate of drug-likeness (QED) is 0.896. The molecule has 4 heteroatoms. The SMILES string of the molecule is Cc1ccc(Oc2cccc(Cl)c2Cl)c(CN)c1. The van der Waals surface area contributed by atoms with Gasteiger partial charge < -0.3 is 10.5 Å². The zero-order valence-electron chi connectivity index (χ0n) is 9.91. The molecule has 18 heavy (non-hydrogen) atoms. The van der Waals surface area contributed by atoms with Gasteiger partial charge in [0, 0.05) is 12.1 Å². The van der Waals surface area contributed by atoms with Crippen molar-refractivity contribution in [3.05, 3.63) is 57.6 Å². The summed E-state index contributed by atoms with van der Waals surface area (Å²) in [6, 6.07) is 11.1. The summed E-state index contributed by atoms with van der Waals surface area (Å²) < 4.78 is 5.77. The Morgan fingerprint density at radius 3 is 2.61 bits per heavy atom. The Morgan fingerprint density at radius 2 is 1.89 bits per heavy atom. The van der Waals surface area contributed by atoms with Crippen LogP contribution in [-0.2, 0) is 6.54 Å². The van der Waals surface area contributed by atoms with Gasteiger partial charge in [0.2, 0.25) is 0 Å². The van der Waals surface area contributed by atoms with Crippen LogP contribution in [0.3, 0.4) is 0 Å². The van der Waals surface area contributed by atoms with E-state index in [1.54, 1.807) is 18.2 Å². The van der Waals surface area contributed by atoms with Crippen molar-refractivity contribution in [3.63, 3.8) is 0 Å². The first-order valence-corrected chi connectivity index (χ1v) is 6.29. The van der Waals surface area contributed by atoms with Crippen LogP contribution >= 0.6 is 23.2 Å². The van der Waals surface area contributed by atoms with E-state index in [1.165, 1.54) is 0 Å². The molecule has 94 valence electrons. The van der Waals surface area contributed by atoms with E-state index >= 15 is 0 Å². The van der Waals surface area contributed by atoms with Crippen LogP contribution in [0.1, 0.15) is 11.1 Å². The lowest BCUT2D eigenvalue weighted by atomic mass is 10.1. The van der Waals surface area contributed by atoms with Gasteiger partial charge in [-0.2, -0.15) is 0 Å². The van der Waals surface area contributed by atoms with Gasteiger partial charge >= 0.3 is 0 Å². The Kier molecular flexibility index (Phi) is 4.12. The van der Waals surface area contributed by atoms with E-state index in [0.717, 1.165) is 11.1 Å². The number of benzene rings is 2. The van der Waals surface area contributed by atoms with Gasteiger partial charge in [0.25, 0.3) is 0 Å². The Bertz CT molecular complexity index is 570. The van der Waals surface area contributed by atoms with Crippen molar-refractivity contribution in [2.75, 3.05) is 0 Å². The topological polar surface area (TPSA) is 35.2 Å². The van der Waals surface area contributed by atoms with Crippen LogP contribution in [0.5, 0.6) is 11.5 Å². The average molecular weight is 282 g/mol. The van der Waals surface area contributed by atoms with E-state index in [-0.39, 0.29) is 0 Å². The molecule has 2 aromatic carbocycles. The second-order valence-corrected chi connectivity index (χ2v) is 4.75. The Balaban J connectivity index is 2.37. The Hall–Kier alpha value is -1.22. The maximum absolute atomic E-state index is 6.08. The number of hydrogen-bond donors (Lipinski definition) is 1. The number of rotatable bonds is 3. The van der Waals surface area contributed by atoms with Crippen molar-refractivity contribution >= 4 is 23.2 Å². The van der Waals surface area contributed by atoms with Crippen molar-refractivity contribution < 1.29 is 4.74 Å². The lowest BCUT2D eigenvalue weighted by Gasteiger charge is -2.12. The van der Waals surface area contributed by atoms with Gasteiger partial charge in [0.15, 0.2) is 0 Å². The first-order valence-electron chi connectivity index (χ1n) is 5.53. The molecule has 0 heterocycles. The molecule has 0 saturated heterocycles. The zero-order chi connectivity index (χ0) is 13.1. The van der Waals surface area contributed by atoms with E-state index in [2.05, 4.69) is 0 Å². The summed E-state index contributed by atoms with van der Waals surface area (Å²) in [5.41, 5.74) is 7.78. The fraction of sp³-hybridized carbons (Fsp3) is 0.143. The highest BCUT2D eigenvalue weighted by Crippen LogP contribution is 2.35. The van der Waals surface area contributed by atoms with E-state index in [4.69, 9.17) is 33.7 Å². The third kappa shape index (κ3) is 2.78. The number of halogens is 2. The summed E-state index contributed by atoms with van der Waals surface area (Å²) in [6.07, 6.45) is 0. The monoisotopic (exact) mass is 281 g/mol. The smallest absolute Gasteiger partial charge is 0.147 e. The van der Waals surface area contributed by atoms with Crippen LogP contribution < -0.4 is 10.5 Å². The van der Waals surface area contributed by atoms with Crippen molar-refractivity contribution in [1.29, 1.82) is 0 Å². The number of hydrogen-bond acceptors (Lipinski definition) is 2. The summed E-state index contributed by atoms with van der Waals surface area (Å²) in [5.74, 6) is 1.23. The number of aryl methyl sites for hydroxylation is 1. The van der Waals surface area contributed by atoms with Crippen molar-refractivity contribution in [2.45, 2.75) is 13.5 Å². The van der Waals surface area contributed by atoms with Crippen LogP contribution in [-0.4, -0.2) is 0 Å². The molecule has 0 saturated carbocycles. The lowest BCUT2D eigenvalue weighted by Crippen LogP contribution is -2.00. The first kappa shape index (κ1) is 13.2.